The van der Waals surface area contributed by atoms with Crippen molar-refractivity contribution in [3.05, 3.63) is 75.9 Å². The van der Waals surface area contributed by atoms with Gasteiger partial charge in [0.15, 0.2) is 5.13 Å². The van der Waals surface area contributed by atoms with Crippen LogP contribution in [0.15, 0.2) is 53.6 Å². The van der Waals surface area contributed by atoms with Gasteiger partial charge in [0.05, 0.1) is 10.6 Å². The topological polar surface area (TPSA) is 104 Å². The summed E-state index contributed by atoms with van der Waals surface area (Å²) in [7, 11) is -3.79. The normalized spacial score (nSPS) is 11.6. The van der Waals surface area contributed by atoms with E-state index < -0.39 is 10.0 Å². The molecule has 0 saturated carbocycles. The van der Waals surface area contributed by atoms with Gasteiger partial charge in [0.2, 0.25) is 0 Å². The molecule has 0 radical (unpaired) electrons. The van der Waals surface area contributed by atoms with Crippen molar-refractivity contribution in [2.45, 2.75) is 32.1 Å². The van der Waals surface area contributed by atoms with Crippen LogP contribution in [0.1, 0.15) is 32.1 Å². The van der Waals surface area contributed by atoms with Crippen molar-refractivity contribution in [2.75, 3.05) is 11.3 Å². The first-order valence-electron chi connectivity index (χ1n) is 10.2. The van der Waals surface area contributed by atoms with E-state index >= 15 is 0 Å². The molecular weight excluding hydrogens is 444 g/mol. The summed E-state index contributed by atoms with van der Waals surface area (Å²) in [5, 5.41) is 4.21. The van der Waals surface area contributed by atoms with E-state index in [1.54, 1.807) is 26.0 Å². The summed E-state index contributed by atoms with van der Waals surface area (Å²) in [4.78, 5) is 20.7. The molecule has 0 aliphatic heterocycles. The van der Waals surface area contributed by atoms with Crippen molar-refractivity contribution >= 4 is 43.3 Å². The van der Waals surface area contributed by atoms with Crippen LogP contribution in [-0.4, -0.2) is 30.8 Å². The number of anilines is 1. The number of para-hydroxylation sites is 1. The molecule has 0 atom stereocenters. The molecule has 2 aromatic heterocycles. The summed E-state index contributed by atoms with van der Waals surface area (Å²) in [6, 6.07) is 13.2. The van der Waals surface area contributed by atoms with Crippen LogP contribution in [0.4, 0.5) is 5.13 Å². The lowest BCUT2D eigenvalue weighted by atomic mass is 10.1. The summed E-state index contributed by atoms with van der Waals surface area (Å²) in [6.45, 7) is 5.81. The number of amides is 1. The average Bonchev–Trinajstić information content (AvgIpc) is 3.30. The number of benzene rings is 2. The molecule has 0 aliphatic rings. The number of sulfonamides is 1. The second-order valence-corrected chi connectivity index (χ2v) is 10.3. The van der Waals surface area contributed by atoms with Crippen molar-refractivity contribution < 1.29 is 13.2 Å². The summed E-state index contributed by atoms with van der Waals surface area (Å²) in [5.41, 5.74) is 4.31. The lowest BCUT2D eigenvalue weighted by Crippen LogP contribution is -2.25. The van der Waals surface area contributed by atoms with E-state index in [9.17, 15) is 13.2 Å². The molecule has 2 aromatic carbocycles. The monoisotopic (exact) mass is 468 g/mol. The summed E-state index contributed by atoms with van der Waals surface area (Å²) < 4.78 is 28.1. The third kappa shape index (κ3) is 4.53. The Morgan fingerprint density at radius 3 is 2.69 bits per heavy atom. The van der Waals surface area contributed by atoms with Crippen molar-refractivity contribution in [3.8, 4) is 0 Å². The third-order valence-electron chi connectivity index (χ3n) is 5.20. The zero-order valence-electron chi connectivity index (χ0n) is 18.0. The van der Waals surface area contributed by atoms with Gasteiger partial charge in [0, 0.05) is 23.6 Å². The van der Waals surface area contributed by atoms with Crippen LogP contribution in [0.2, 0.25) is 0 Å². The van der Waals surface area contributed by atoms with Crippen LogP contribution in [0.3, 0.4) is 0 Å². The average molecular weight is 469 g/mol. The molecule has 0 saturated heterocycles. The molecule has 9 heteroatoms. The maximum atomic E-state index is 12.8. The van der Waals surface area contributed by atoms with E-state index in [0.29, 0.717) is 29.1 Å². The summed E-state index contributed by atoms with van der Waals surface area (Å²) >= 11 is 1.03. The first-order chi connectivity index (χ1) is 15.2. The molecule has 1 amide bonds. The number of nitrogens with one attached hydrogen (secondary N) is 3. The van der Waals surface area contributed by atoms with Crippen molar-refractivity contribution in [1.29, 1.82) is 0 Å². The van der Waals surface area contributed by atoms with E-state index in [1.165, 1.54) is 0 Å². The Kier molecular flexibility index (Phi) is 6.03. The fourth-order valence-corrected chi connectivity index (χ4v) is 6.00. The number of fused-ring (bicyclic) bond motifs is 1. The number of hydrogen-bond acceptors (Lipinski definition) is 5. The molecule has 32 heavy (non-hydrogen) atoms. The molecule has 2 heterocycles. The number of aromatic nitrogens is 2. The molecule has 4 rings (SSSR count). The maximum Gasteiger partial charge on any atom is 0.263 e. The first kappa shape index (κ1) is 22.0. The van der Waals surface area contributed by atoms with Gasteiger partial charge in [-0.15, -0.1) is 0 Å². The van der Waals surface area contributed by atoms with Gasteiger partial charge in [-0.1, -0.05) is 47.2 Å². The first-order valence-corrected chi connectivity index (χ1v) is 12.5. The lowest BCUT2D eigenvalue weighted by Gasteiger charge is -2.08. The van der Waals surface area contributed by atoms with Crippen LogP contribution >= 0.6 is 11.3 Å². The predicted molar refractivity (Wildman–Crippen MR) is 128 cm³/mol. The minimum atomic E-state index is -3.79. The van der Waals surface area contributed by atoms with Gasteiger partial charge >= 0.3 is 0 Å². The Morgan fingerprint density at radius 1 is 1.12 bits per heavy atom. The zero-order chi connectivity index (χ0) is 22.9. The Morgan fingerprint density at radius 2 is 1.91 bits per heavy atom. The molecule has 4 aromatic rings. The highest BCUT2D eigenvalue weighted by atomic mass is 32.2. The van der Waals surface area contributed by atoms with Crippen LogP contribution in [-0.2, 0) is 16.4 Å². The fraction of sp³-hybridized carbons (Fsp3) is 0.217. The summed E-state index contributed by atoms with van der Waals surface area (Å²) in [5.74, 6) is -0.267. The number of aryl methyl sites for hydroxylation is 3. The SMILES string of the molecule is Cc1ccc(S(=O)(=O)Nc2nc(C)c(C(=O)NCCc3c[nH]c4ccccc34)s2)c(C)c1. The number of H-pyrrole nitrogens is 1. The summed E-state index contributed by atoms with van der Waals surface area (Å²) in [6.07, 6.45) is 2.63. The van der Waals surface area contributed by atoms with Crippen molar-refractivity contribution in [3.63, 3.8) is 0 Å². The fourth-order valence-electron chi connectivity index (χ4n) is 3.65. The van der Waals surface area contributed by atoms with Gasteiger partial charge in [-0.05, 0) is 50.5 Å². The number of nitrogens with zero attached hydrogens (tertiary/aromatic N) is 1. The second-order valence-electron chi connectivity index (χ2n) is 7.67. The quantitative estimate of drug-likeness (QED) is 0.376. The molecule has 0 unspecified atom stereocenters. The molecule has 0 fully saturated rings. The predicted octanol–water partition coefficient (Wildman–Crippen LogP) is 4.32. The number of carbonyl (C=O) groups is 1. The number of thiazole rings is 1. The number of carbonyl (C=O) groups excluding carboxylic acids is 1. The molecule has 7 nitrogen and oxygen atoms in total. The van der Waals surface area contributed by atoms with Crippen molar-refractivity contribution in [1.82, 2.24) is 15.3 Å². The highest BCUT2D eigenvalue weighted by Gasteiger charge is 2.21. The van der Waals surface area contributed by atoms with Gasteiger partial charge in [-0.25, -0.2) is 13.4 Å². The molecule has 166 valence electrons. The Hall–Kier alpha value is -3.17. The largest absolute Gasteiger partial charge is 0.361 e. The van der Waals surface area contributed by atoms with E-state index in [2.05, 4.69) is 20.0 Å². The highest BCUT2D eigenvalue weighted by molar-refractivity contribution is 7.93. The standard InChI is InChI=1S/C23H24N4O3S2/c1-14-8-9-20(15(2)12-14)32(29,30)27-23-26-16(3)21(31-23)22(28)24-11-10-17-13-25-19-7-5-4-6-18(17)19/h4-9,12-13,25H,10-11H2,1-3H3,(H,24,28)(H,26,27). The van der Waals surface area contributed by atoms with Gasteiger partial charge in [0.25, 0.3) is 15.9 Å². The Bertz CT molecular complexity index is 1400. The maximum absolute atomic E-state index is 12.8. The molecule has 0 bridgehead atoms. The van der Waals surface area contributed by atoms with Crippen LogP contribution in [0.25, 0.3) is 10.9 Å². The number of aromatic amines is 1. The minimum Gasteiger partial charge on any atom is -0.361 e. The van der Waals surface area contributed by atoms with Gasteiger partial charge in [0.1, 0.15) is 4.88 Å². The van der Waals surface area contributed by atoms with Crippen molar-refractivity contribution in [2.24, 2.45) is 0 Å². The van der Waals surface area contributed by atoms with Gasteiger partial charge < -0.3 is 10.3 Å². The van der Waals surface area contributed by atoms with E-state index in [4.69, 9.17) is 0 Å². The van der Waals surface area contributed by atoms with Gasteiger partial charge in [-0.2, -0.15) is 0 Å². The van der Waals surface area contributed by atoms with Crippen LogP contribution in [0, 0.1) is 20.8 Å². The lowest BCUT2D eigenvalue weighted by molar-refractivity contribution is 0.0957. The van der Waals surface area contributed by atoms with Gasteiger partial charge in [-0.3, -0.25) is 9.52 Å². The van der Waals surface area contributed by atoms with E-state index in [-0.39, 0.29) is 15.9 Å². The number of hydrogen-bond donors (Lipinski definition) is 3. The highest BCUT2D eigenvalue weighted by Crippen LogP contribution is 2.26. The van der Waals surface area contributed by atoms with E-state index in [1.807, 2.05) is 43.5 Å². The minimum absolute atomic E-state index is 0.171. The Balaban J connectivity index is 1.43. The second kappa shape index (κ2) is 8.76. The number of rotatable bonds is 7. The molecule has 0 spiro atoms. The van der Waals surface area contributed by atoms with Crippen LogP contribution in [0.5, 0.6) is 0 Å². The third-order valence-corrected chi connectivity index (χ3v) is 7.90. The zero-order valence-corrected chi connectivity index (χ0v) is 19.7. The smallest absolute Gasteiger partial charge is 0.263 e. The van der Waals surface area contributed by atoms with E-state index in [0.717, 1.165) is 33.4 Å². The molecule has 0 aliphatic carbocycles. The molecular formula is C23H24N4O3S2. The Labute approximate surface area is 191 Å². The molecule has 3 N–H and O–H groups in total. The van der Waals surface area contributed by atoms with Crippen LogP contribution < -0.4 is 10.0 Å².